The lowest BCUT2D eigenvalue weighted by Crippen LogP contribution is -2.37. The number of amides is 1. The molecule has 0 spiro atoms. The van der Waals surface area contributed by atoms with Gasteiger partial charge in [0, 0.05) is 12.1 Å². The van der Waals surface area contributed by atoms with Gasteiger partial charge in [-0.25, -0.2) is 9.97 Å². The third-order valence-electron chi connectivity index (χ3n) is 4.06. The molecule has 1 aliphatic heterocycles. The fourth-order valence-electron chi connectivity index (χ4n) is 2.85. The highest BCUT2D eigenvalue weighted by Gasteiger charge is 2.27. The van der Waals surface area contributed by atoms with Gasteiger partial charge < -0.3 is 4.90 Å². The number of rotatable bonds is 2. The van der Waals surface area contributed by atoms with Crippen LogP contribution in [0.3, 0.4) is 0 Å². The highest BCUT2D eigenvalue weighted by atomic mass is 35.5. The van der Waals surface area contributed by atoms with Gasteiger partial charge in [0.15, 0.2) is 5.82 Å². The van der Waals surface area contributed by atoms with Crippen molar-refractivity contribution in [2.75, 3.05) is 6.54 Å². The van der Waals surface area contributed by atoms with Crippen molar-refractivity contribution < 1.29 is 4.79 Å². The van der Waals surface area contributed by atoms with E-state index in [4.69, 9.17) is 23.2 Å². The van der Waals surface area contributed by atoms with E-state index in [9.17, 15) is 4.79 Å². The molecule has 0 N–H and O–H groups in total. The zero-order valence-corrected chi connectivity index (χ0v) is 14.4. The Kier molecular flexibility index (Phi) is 4.10. The maximum absolute atomic E-state index is 12.8. The molecule has 1 aromatic carbocycles. The monoisotopic (exact) mass is 374 g/mol. The van der Waals surface area contributed by atoms with E-state index in [1.807, 2.05) is 0 Å². The van der Waals surface area contributed by atoms with Gasteiger partial charge in [0.1, 0.15) is 6.33 Å². The van der Waals surface area contributed by atoms with Crippen molar-refractivity contribution in [3.05, 3.63) is 63.8 Å². The molecule has 0 unspecified atom stereocenters. The fourth-order valence-corrected chi connectivity index (χ4v) is 3.23. The zero-order chi connectivity index (χ0) is 17.4. The summed E-state index contributed by atoms with van der Waals surface area (Å²) in [4.78, 5) is 24.6. The molecule has 25 heavy (non-hydrogen) atoms. The zero-order valence-electron chi connectivity index (χ0n) is 12.9. The first-order chi connectivity index (χ1) is 12.1. The molecule has 0 aliphatic carbocycles. The van der Waals surface area contributed by atoms with Crippen LogP contribution in [0.4, 0.5) is 0 Å². The lowest BCUT2D eigenvalue weighted by molar-refractivity contribution is 0.0731. The van der Waals surface area contributed by atoms with Crippen LogP contribution in [-0.4, -0.2) is 42.3 Å². The first kappa shape index (κ1) is 16.0. The van der Waals surface area contributed by atoms with E-state index >= 15 is 0 Å². The highest BCUT2D eigenvalue weighted by Crippen LogP contribution is 2.28. The number of hydrogen-bond donors (Lipinski definition) is 0. The van der Waals surface area contributed by atoms with Gasteiger partial charge in [-0.2, -0.15) is 10.2 Å². The number of aromatic nitrogens is 5. The van der Waals surface area contributed by atoms with Gasteiger partial charge in [-0.15, -0.1) is 4.80 Å². The first-order valence-corrected chi connectivity index (χ1v) is 8.33. The van der Waals surface area contributed by atoms with Crippen LogP contribution in [0.25, 0.3) is 5.82 Å². The number of fused-ring (bicyclic) bond motifs is 1. The number of hydrogen-bond acceptors (Lipinski definition) is 5. The quantitative estimate of drug-likeness (QED) is 0.688. The van der Waals surface area contributed by atoms with Crippen LogP contribution >= 0.6 is 23.2 Å². The van der Waals surface area contributed by atoms with E-state index < -0.39 is 0 Å². The maximum atomic E-state index is 12.8. The summed E-state index contributed by atoms with van der Waals surface area (Å²) in [7, 11) is 0. The summed E-state index contributed by atoms with van der Waals surface area (Å²) in [5.74, 6) is 0.471. The minimum absolute atomic E-state index is 0.171. The van der Waals surface area contributed by atoms with E-state index in [0.29, 0.717) is 35.9 Å². The van der Waals surface area contributed by atoms with Gasteiger partial charge in [-0.05, 0) is 18.6 Å². The normalized spacial score (nSPS) is 13.6. The topological polar surface area (TPSA) is 76.8 Å². The van der Waals surface area contributed by atoms with Gasteiger partial charge in [-0.1, -0.05) is 29.3 Å². The smallest absolute Gasteiger partial charge is 0.255 e. The minimum Gasteiger partial charge on any atom is -0.332 e. The van der Waals surface area contributed by atoms with Crippen molar-refractivity contribution >= 4 is 29.1 Å². The van der Waals surface area contributed by atoms with E-state index in [0.717, 1.165) is 11.3 Å². The molecule has 9 heteroatoms. The average Bonchev–Trinajstić information content (AvgIpc) is 3.17. The number of carbonyl (C=O) groups is 1. The summed E-state index contributed by atoms with van der Waals surface area (Å²) < 4.78 is 0. The Morgan fingerprint density at radius 2 is 1.92 bits per heavy atom. The van der Waals surface area contributed by atoms with E-state index in [1.165, 1.54) is 11.1 Å². The van der Waals surface area contributed by atoms with Gasteiger partial charge in [0.2, 0.25) is 0 Å². The van der Waals surface area contributed by atoms with Gasteiger partial charge in [0.25, 0.3) is 5.91 Å². The average molecular weight is 375 g/mol. The summed E-state index contributed by atoms with van der Waals surface area (Å²) in [6, 6.07) is 5.04. The Balaban J connectivity index is 1.65. The summed E-state index contributed by atoms with van der Waals surface area (Å²) >= 11 is 12.2. The molecular weight excluding hydrogens is 363 g/mol. The van der Waals surface area contributed by atoms with Crippen molar-refractivity contribution in [2.45, 2.75) is 13.0 Å². The lowest BCUT2D eigenvalue weighted by atomic mass is 10.0. The van der Waals surface area contributed by atoms with Crippen LogP contribution in [0.15, 0.2) is 36.9 Å². The molecule has 0 saturated heterocycles. The second-order valence-electron chi connectivity index (χ2n) is 5.52. The summed E-state index contributed by atoms with van der Waals surface area (Å²) in [6.07, 6.45) is 5.25. The molecule has 0 saturated carbocycles. The molecule has 126 valence electrons. The predicted octanol–water partition coefficient (Wildman–Crippen LogP) is 2.56. The van der Waals surface area contributed by atoms with E-state index in [1.54, 1.807) is 35.5 Å². The second-order valence-corrected chi connectivity index (χ2v) is 6.30. The molecule has 0 radical (unpaired) electrons. The molecule has 0 atom stereocenters. The number of nitrogens with zero attached hydrogens (tertiary/aromatic N) is 6. The third kappa shape index (κ3) is 2.85. The molecule has 7 nitrogen and oxygen atoms in total. The Labute approximate surface area is 153 Å². The van der Waals surface area contributed by atoms with Crippen molar-refractivity contribution in [1.82, 2.24) is 29.9 Å². The van der Waals surface area contributed by atoms with Gasteiger partial charge in [0.05, 0.1) is 40.2 Å². The molecular formula is C16H12Cl2N6O. The SMILES string of the molecule is O=C(c1cccc(Cl)c1Cl)N1CCc2c(ncnc2-n2nccn2)C1. The molecule has 3 heterocycles. The first-order valence-electron chi connectivity index (χ1n) is 7.58. The van der Waals surface area contributed by atoms with Crippen LogP contribution in [-0.2, 0) is 13.0 Å². The van der Waals surface area contributed by atoms with Gasteiger partial charge in [-0.3, -0.25) is 4.79 Å². The Morgan fingerprint density at radius 3 is 2.72 bits per heavy atom. The molecule has 4 rings (SSSR count). The van der Waals surface area contributed by atoms with Gasteiger partial charge >= 0.3 is 0 Å². The molecule has 3 aromatic rings. The van der Waals surface area contributed by atoms with E-state index in [2.05, 4.69) is 20.2 Å². The van der Waals surface area contributed by atoms with Crippen LogP contribution in [0.1, 0.15) is 21.6 Å². The van der Waals surface area contributed by atoms with E-state index in [-0.39, 0.29) is 10.9 Å². The molecule has 1 amide bonds. The molecule has 0 bridgehead atoms. The van der Waals surface area contributed by atoms with Crippen LogP contribution in [0, 0.1) is 0 Å². The minimum atomic E-state index is -0.171. The Bertz CT molecular complexity index is 944. The standard InChI is InChI=1S/C16H12Cl2N6O/c17-12-3-1-2-11(14(12)18)16(25)23-7-4-10-13(8-23)19-9-20-15(10)24-21-5-6-22-24/h1-3,5-6,9H,4,7-8H2. The van der Waals surface area contributed by atoms with Crippen molar-refractivity contribution in [3.63, 3.8) is 0 Å². The van der Waals surface area contributed by atoms with Crippen molar-refractivity contribution in [3.8, 4) is 5.82 Å². The summed E-state index contributed by atoms with van der Waals surface area (Å²) in [5, 5.41) is 8.87. The largest absolute Gasteiger partial charge is 0.332 e. The maximum Gasteiger partial charge on any atom is 0.255 e. The second kappa shape index (κ2) is 6.42. The number of benzene rings is 1. The van der Waals surface area contributed by atoms with Crippen molar-refractivity contribution in [2.24, 2.45) is 0 Å². The van der Waals surface area contributed by atoms with Crippen LogP contribution in [0.5, 0.6) is 0 Å². The predicted molar refractivity (Wildman–Crippen MR) is 91.9 cm³/mol. The van der Waals surface area contributed by atoms with Crippen LogP contribution in [0.2, 0.25) is 10.0 Å². The Hall–Kier alpha value is -2.51. The molecule has 1 aliphatic rings. The molecule has 2 aromatic heterocycles. The summed E-state index contributed by atoms with van der Waals surface area (Å²) in [5.41, 5.74) is 2.11. The van der Waals surface area contributed by atoms with Crippen LogP contribution < -0.4 is 0 Å². The third-order valence-corrected chi connectivity index (χ3v) is 4.88. The number of halogens is 2. The highest BCUT2D eigenvalue weighted by molar-refractivity contribution is 6.43. The molecule has 0 fully saturated rings. The van der Waals surface area contributed by atoms with Crippen molar-refractivity contribution in [1.29, 1.82) is 0 Å². The number of carbonyl (C=O) groups excluding carboxylic acids is 1. The summed E-state index contributed by atoms with van der Waals surface area (Å²) in [6.45, 7) is 0.893. The Morgan fingerprint density at radius 1 is 1.12 bits per heavy atom. The lowest BCUT2D eigenvalue weighted by Gasteiger charge is -2.29. The fraction of sp³-hybridized carbons (Fsp3) is 0.188.